The lowest BCUT2D eigenvalue weighted by Crippen LogP contribution is -2.40. The molecule has 0 aliphatic heterocycles. The van der Waals surface area contributed by atoms with Crippen LogP contribution in [0.3, 0.4) is 0 Å². The monoisotopic (exact) mass is 546 g/mol. The third kappa shape index (κ3) is 4.89. The van der Waals surface area contributed by atoms with Gasteiger partial charge in [-0.25, -0.2) is 22.9 Å². The van der Waals surface area contributed by atoms with Gasteiger partial charge in [0.15, 0.2) is 11.6 Å². The molecule has 1 N–H and O–H groups in total. The molecular weight excluding hydrogens is 529 g/mol. The topological polar surface area (TPSA) is 86.7 Å². The first-order chi connectivity index (χ1) is 17.6. The Morgan fingerprint density at radius 1 is 1.00 bits per heavy atom. The van der Waals surface area contributed by atoms with E-state index in [2.05, 4.69) is 15.4 Å². The van der Waals surface area contributed by atoms with E-state index in [1.165, 1.54) is 11.3 Å². The van der Waals surface area contributed by atoms with Crippen molar-refractivity contribution in [2.24, 2.45) is 7.05 Å². The van der Waals surface area contributed by atoms with E-state index < -0.39 is 35.2 Å². The molecule has 0 bridgehead atoms. The summed E-state index contributed by atoms with van der Waals surface area (Å²) in [6.45, 7) is 1.23. The highest BCUT2D eigenvalue weighted by molar-refractivity contribution is 7.11. The average molecular weight is 547 g/mol. The molecule has 0 fully saturated rings. The Labute approximate surface area is 216 Å². The standard InChI is InChI=1S/C24H18ClF3N6O2S/c1-12-8-29-22(37-12)11-34-23(35)7-21(30-20-4-14-9-32(2)31-19(14)5-15(20)25)33(24(34)36)10-13-3-17(27)18(28)6-16(13)26/h3-9,30H,10-11H2,1-2H3. The summed E-state index contributed by atoms with van der Waals surface area (Å²) in [6.07, 6.45) is 3.38. The average Bonchev–Trinajstić information content (AvgIpc) is 3.40. The number of halogens is 4. The molecule has 0 saturated heterocycles. The predicted octanol–water partition coefficient (Wildman–Crippen LogP) is 4.57. The Morgan fingerprint density at radius 3 is 2.49 bits per heavy atom. The van der Waals surface area contributed by atoms with Crippen LogP contribution in [0.25, 0.3) is 10.9 Å². The molecule has 5 rings (SSSR count). The summed E-state index contributed by atoms with van der Waals surface area (Å²) < 4.78 is 45.6. The van der Waals surface area contributed by atoms with Gasteiger partial charge in [0.05, 0.1) is 29.3 Å². The number of anilines is 2. The zero-order valence-corrected chi connectivity index (χ0v) is 21.0. The van der Waals surface area contributed by atoms with Crippen LogP contribution in [0.1, 0.15) is 15.4 Å². The number of hydrogen-bond donors (Lipinski definition) is 1. The van der Waals surface area contributed by atoms with Gasteiger partial charge in [-0.15, -0.1) is 11.3 Å². The van der Waals surface area contributed by atoms with Crippen LogP contribution in [0.15, 0.2) is 52.3 Å². The van der Waals surface area contributed by atoms with E-state index in [4.69, 9.17) is 11.6 Å². The van der Waals surface area contributed by atoms with Crippen molar-refractivity contribution in [2.45, 2.75) is 20.0 Å². The molecule has 0 aliphatic rings. The highest BCUT2D eigenvalue weighted by Crippen LogP contribution is 2.30. The van der Waals surface area contributed by atoms with Crippen LogP contribution in [0.5, 0.6) is 0 Å². The fraction of sp³-hybridized carbons (Fsp3) is 0.167. The van der Waals surface area contributed by atoms with Crippen molar-refractivity contribution in [1.82, 2.24) is 23.9 Å². The molecule has 37 heavy (non-hydrogen) atoms. The highest BCUT2D eigenvalue weighted by Gasteiger charge is 2.18. The number of benzene rings is 2. The summed E-state index contributed by atoms with van der Waals surface area (Å²) >= 11 is 7.73. The van der Waals surface area contributed by atoms with Gasteiger partial charge in [-0.05, 0) is 25.1 Å². The van der Waals surface area contributed by atoms with E-state index in [0.29, 0.717) is 28.3 Å². The lowest BCUT2D eigenvalue weighted by atomic mass is 10.2. The third-order valence-electron chi connectivity index (χ3n) is 5.63. The largest absolute Gasteiger partial charge is 0.340 e. The summed E-state index contributed by atoms with van der Waals surface area (Å²) in [5, 5.41) is 8.76. The Kier molecular flexibility index (Phi) is 6.38. The molecule has 0 saturated carbocycles. The number of aryl methyl sites for hydroxylation is 2. The van der Waals surface area contributed by atoms with Gasteiger partial charge in [0, 0.05) is 47.4 Å². The molecule has 0 atom stereocenters. The zero-order chi connectivity index (χ0) is 26.4. The number of nitrogens with zero attached hydrogens (tertiary/aromatic N) is 5. The summed E-state index contributed by atoms with van der Waals surface area (Å²) in [4.78, 5) is 31.6. The SMILES string of the molecule is Cc1cnc(Cn2c(=O)cc(Nc3cc4cn(C)nc4cc3Cl)n(Cc3cc(F)c(F)cc3F)c2=O)s1. The summed E-state index contributed by atoms with van der Waals surface area (Å²) in [7, 11) is 1.75. The first kappa shape index (κ1) is 24.8. The maximum atomic E-state index is 14.5. The minimum absolute atomic E-state index is 0.0177. The number of hydrogen-bond acceptors (Lipinski definition) is 6. The van der Waals surface area contributed by atoms with Crippen molar-refractivity contribution in [3.8, 4) is 0 Å². The number of fused-ring (bicyclic) bond motifs is 1. The normalized spacial score (nSPS) is 11.4. The molecule has 5 aromatic rings. The molecule has 3 heterocycles. The van der Waals surface area contributed by atoms with E-state index in [-0.39, 0.29) is 22.9 Å². The molecular formula is C24H18ClF3N6O2S. The quantitative estimate of drug-likeness (QED) is 0.315. The summed E-state index contributed by atoms with van der Waals surface area (Å²) in [5.41, 5.74) is -0.734. The summed E-state index contributed by atoms with van der Waals surface area (Å²) in [6, 6.07) is 5.53. The molecule has 0 unspecified atom stereocenters. The van der Waals surface area contributed by atoms with Gasteiger partial charge in [-0.2, -0.15) is 5.10 Å². The number of rotatable bonds is 6. The minimum atomic E-state index is -1.35. The Hall–Kier alpha value is -3.90. The second-order valence-electron chi connectivity index (χ2n) is 8.36. The molecule has 0 amide bonds. The van der Waals surface area contributed by atoms with Gasteiger partial charge in [-0.3, -0.25) is 18.6 Å². The Bertz CT molecular complexity index is 1790. The lowest BCUT2D eigenvalue weighted by molar-refractivity contribution is 0.486. The Morgan fingerprint density at radius 2 is 1.76 bits per heavy atom. The first-order valence-electron chi connectivity index (χ1n) is 10.9. The lowest BCUT2D eigenvalue weighted by Gasteiger charge is -2.17. The van der Waals surface area contributed by atoms with E-state index in [1.54, 1.807) is 36.3 Å². The maximum Gasteiger partial charge on any atom is 0.333 e. The van der Waals surface area contributed by atoms with Gasteiger partial charge < -0.3 is 5.32 Å². The maximum absolute atomic E-state index is 14.5. The van der Waals surface area contributed by atoms with Crippen LogP contribution < -0.4 is 16.6 Å². The highest BCUT2D eigenvalue weighted by atomic mass is 35.5. The van der Waals surface area contributed by atoms with Gasteiger partial charge in [0.25, 0.3) is 5.56 Å². The molecule has 0 aliphatic carbocycles. The summed E-state index contributed by atoms with van der Waals surface area (Å²) in [5.74, 6) is -3.68. The molecule has 190 valence electrons. The minimum Gasteiger partial charge on any atom is -0.340 e. The van der Waals surface area contributed by atoms with Gasteiger partial charge in [0.2, 0.25) is 0 Å². The molecule has 13 heteroatoms. The van der Waals surface area contributed by atoms with Crippen LogP contribution in [0.4, 0.5) is 24.7 Å². The third-order valence-corrected chi connectivity index (χ3v) is 6.84. The van der Waals surface area contributed by atoms with Crippen molar-refractivity contribution in [2.75, 3.05) is 5.32 Å². The molecule has 3 aromatic heterocycles. The predicted molar refractivity (Wildman–Crippen MR) is 135 cm³/mol. The first-order valence-corrected chi connectivity index (χ1v) is 12.1. The van der Waals surface area contributed by atoms with E-state index in [0.717, 1.165) is 25.5 Å². The fourth-order valence-corrected chi connectivity index (χ4v) is 4.87. The van der Waals surface area contributed by atoms with Gasteiger partial charge in [0.1, 0.15) is 16.6 Å². The Balaban J connectivity index is 1.64. The number of nitrogens with one attached hydrogen (secondary N) is 1. The van der Waals surface area contributed by atoms with Crippen LogP contribution in [0, 0.1) is 24.4 Å². The second-order valence-corrected chi connectivity index (χ2v) is 10.1. The molecule has 0 radical (unpaired) electrons. The van der Waals surface area contributed by atoms with Crippen molar-refractivity contribution < 1.29 is 13.2 Å². The van der Waals surface area contributed by atoms with Crippen LogP contribution in [-0.4, -0.2) is 23.9 Å². The van der Waals surface area contributed by atoms with Crippen molar-refractivity contribution in [3.63, 3.8) is 0 Å². The van der Waals surface area contributed by atoms with Crippen LogP contribution in [0.2, 0.25) is 5.02 Å². The number of aromatic nitrogens is 5. The molecule has 2 aromatic carbocycles. The zero-order valence-electron chi connectivity index (χ0n) is 19.4. The van der Waals surface area contributed by atoms with E-state index in [1.807, 2.05) is 6.92 Å². The molecule has 8 nitrogen and oxygen atoms in total. The fourth-order valence-electron chi connectivity index (χ4n) is 3.89. The van der Waals surface area contributed by atoms with Gasteiger partial charge in [-0.1, -0.05) is 11.6 Å². The van der Waals surface area contributed by atoms with Crippen molar-refractivity contribution in [3.05, 3.63) is 101 Å². The van der Waals surface area contributed by atoms with Crippen LogP contribution >= 0.6 is 22.9 Å². The van der Waals surface area contributed by atoms with E-state index in [9.17, 15) is 22.8 Å². The van der Waals surface area contributed by atoms with Crippen molar-refractivity contribution in [1.29, 1.82) is 0 Å². The van der Waals surface area contributed by atoms with Crippen molar-refractivity contribution >= 4 is 45.3 Å². The van der Waals surface area contributed by atoms with Gasteiger partial charge >= 0.3 is 5.69 Å². The smallest absolute Gasteiger partial charge is 0.333 e. The second kappa shape index (κ2) is 9.52. The number of thiazole rings is 1. The van der Waals surface area contributed by atoms with E-state index >= 15 is 0 Å². The molecule has 0 spiro atoms. The van der Waals surface area contributed by atoms with Crippen LogP contribution in [-0.2, 0) is 20.1 Å².